The number of aliphatic hydroxyl groups excluding tert-OH is 1. The van der Waals surface area contributed by atoms with Gasteiger partial charge in [0.15, 0.2) is 6.10 Å². The lowest BCUT2D eigenvalue weighted by Gasteiger charge is -2.19. The molecular formula is C12H16F3NO. The smallest absolute Gasteiger partial charge is 0.382 e. The normalized spacial score (nSPS) is 15.6. The largest absolute Gasteiger partial charge is 0.415 e. The van der Waals surface area contributed by atoms with Crippen LogP contribution in [0.3, 0.4) is 0 Å². The van der Waals surface area contributed by atoms with Crippen molar-refractivity contribution in [3.63, 3.8) is 0 Å². The first-order valence-corrected chi connectivity index (χ1v) is 5.35. The van der Waals surface area contributed by atoms with Crippen molar-refractivity contribution >= 4 is 0 Å². The van der Waals surface area contributed by atoms with Gasteiger partial charge >= 0.3 is 6.18 Å². The van der Waals surface area contributed by atoms with E-state index in [0.717, 1.165) is 11.1 Å². The van der Waals surface area contributed by atoms with Gasteiger partial charge in [-0.3, -0.25) is 0 Å². The standard InChI is InChI=1S/C12H16F3NO/c1-8-4-3-5-10(6-8)9(2)16-7-11(17)12(13,14)15/h3-6,9,11,16-17H,7H2,1-2H3. The lowest BCUT2D eigenvalue weighted by Crippen LogP contribution is -2.39. The minimum atomic E-state index is -4.57. The Bertz CT molecular complexity index is 365. The Hall–Kier alpha value is -1.07. The average Bonchev–Trinajstić information content (AvgIpc) is 2.24. The molecule has 0 spiro atoms. The Morgan fingerprint density at radius 1 is 1.35 bits per heavy atom. The molecule has 0 fully saturated rings. The minimum Gasteiger partial charge on any atom is -0.382 e. The molecule has 0 bridgehead atoms. The van der Waals surface area contributed by atoms with E-state index in [1.54, 1.807) is 6.92 Å². The van der Waals surface area contributed by atoms with Crippen LogP contribution in [0.4, 0.5) is 13.2 Å². The average molecular weight is 247 g/mol. The summed E-state index contributed by atoms with van der Waals surface area (Å²) in [7, 11) is 0. The quantitative estimate of drug-likeness (QED) is 0.857. The molecule has 0 radical (unpaired) electrons. The molecule has 0 heterocycles. The Labute approximate surface area is 98.5 Å². The molecule has 0 aliphatic rings. The van der Waals surface area contributed by atoms with Gasteiger partial charge in [0, 0.05) is 12.6 Å². The maximum atomic E-state index is 12.1. The summed E-state index contributed by atoms with van der Waals surface area (Å²) in [6, 6.07) is 7.28. The first-order chi connectivity index (χ1) is 7.80. The Balaban J connectivity index is 2.53. The van der Waals surface area contributed by atoms with Crippen molar-refractivity contribution in [2.24, 2.45) is 0 Å². The van der Waals surface area contributed by atoms with E-state index in [-0.39, 0.29) is 6.04 Å². The van der Waals surface area contributed by atoms with Gasteiger partial charge in [0.25, 0.3) is 0 Å². The number of halogens is 3. The van der Waals surface area contributed by atoms with Crippen molar-refractivity contribution in [3.05, 3.63) is 35.4 Å². The highest BCUT2D eigenvalue weighted by Crippen LogP contribution is 2.20. The lowest BCUT2D eigenvalue weighted by molar-refractivity contribution is -0.202. The molecule has 2 N–H and O–H groups in total. The van der Waals surface area contributed by atoms with E-state index >= 15 is 0 Å². The van der Waals surface area contributed by atoms with Crippen LogP contribution in [0.5, 0.6) is 0 Å². The summed E-state index contributed by atoms with van der Waals surface area (Å²) < 4.78 is 36.2. The van der Waals surface area contributed by atoms with Gasteiger partial charge in [-0.2, -0.15) is 13.2 Å². The van der Waals surface area contributed by atoms with Crippen molar-refractivity contribution in [3.8, 4) is 0 Å². The van der Waals surface area contributed by atoms with E-state index in [1.165, 1.54) is 0 Å². The van der Waals surface area contributed by atoms with Crippen LogP contribution in [-0.2, 0) is 0 Å². The van der Waals surface area contributed by atoms with E-state index in [1.807, 2.05) is 31.2 Å². The second-order valence-electron chi connectivity index (χ2n) is 4.10. The second kappa shape index (κ2) is 5.51. The van der Waals surface area contributed by atoms with Crippen LogP contribution in [0, 0.1) is 6.92 Å². The van der Waals surface area contributed by atoms with Crippen LogP contribution >= 0.6 is 0 Å². The van der Waals surface area contributed by atoms with Gasteiger partial charge in [-0.05, 0) is 19.4 Å². The van der Waals surface area contributed by atoms with Crippen LogP contribution in [0.25, 0.3) is 0 Å². The Morgan fingerprint density at radius 2 is 2.00 bits per heavy atom. The third-order valence-corrected chi connectivity index (χ3v) is 2.54. The van der Waals surface area contributed by atoms with E-state index in [4.69, 9.17) is 5.11 Å². The maximum Gasteiger partial charge on any atom is 0.415 e. The van der Waals surface area contributed by atoms with E-state index < -0.39 is 18.8 Å². The third kappa shape index (κ3) is 4.36. The van der Waals surface area contributed by atoms with Gasteiger partial charge in [0.2, 0.25) is 0 Å². The SMILES string of the molecule is Cc1cccc(C(C)NCC(O)C(F)(F)F)c1. The number of rotatable bonds is 4. The lowest BCUT2D eigenvalue weighted by atomic mass is 10.1. The monoisotopic (exact) mass is 247 g/mol. The molecule has 0 aromatic heterocycles. The molecule has 96 valence electrons. The fourth-order valence-corrected chi connectivity index (χ4v) is 1.46. The van der Waals surface area contributed by atoms with Crippen molar-refractivity contribution in [2.75, 3.05) is 6.54 Å². The highest BCUT2D eigenvalue weighted by Gasteiger charge is 2.37. The number of benzene rings is 1. The molecule has 17 heavy (non-hydrogen) atoms. The number of alkyl halides is 3. The first kappa shape index (κ1) is 14.0. The topological polar surface area (TPSA) is 32.3 Å². The van der Waals surface area contributed by atoms with Gasteiger partial charge < -0.3 is 10.4 Å². The van der Waals surface area contributed by atoms with Crippen LogP contribution < -0.4 is 5.32 Å². The summed E-state index contributed by atoms with van der Waals surface area (Å²) in [5.74, 6) is 0. The highest BCUT2D eigenvalue weighted by atomic mass is 19.4. The zero-order chi connectivity index (χ0) is 13.1. The minimum absolute atomic E-state index is 0.230. The summed E-state index contributed by atoms with van der Waals surface area (Å²) in [6.45, 7) is 3.18. The van der Waals surface area contributed by atoms with Crippen molar-refractivity contribution in [1.29, 1.82) is 0 Å². The van der Waals surface area contributed by atoms with E-state index in [0.29, 0.717) is 0 Å². The molecule has 5 heteroatoms. The summed E-state index contributed by atoms with van der Waals surface area (Å²) in [5, 5.41) is 11.5. The first-order valence-electron chi connectivity index (χ1n) is 5.35. The summed E-state index contributed by atoms with van der Waals surface area (Å²) in [6.07, 6.45) is -6.89. The zero-order valence-electron chi connectivity index (χ0n) is 9.75. The number of nitrogens with one attached hydrogen (secondary N) is 1. The molecule has 1 aromatic carbocycles. The maximum absolute atomic E-state index is 12.1. The molecule has 2 atom stereocenters. The number of aryl methyl sites for hydroxylation is 1. The molecular weight excluding hydrogens is 231 g/mol. The highest BCUT2D eigenvalue weighted by molar-refractivity contribution is 5.24. The van der Waals surface area contributed by atoms with Crippen molar-refractivity contribution in [1.82, 2.24) is 5.32 Å². The third-order valence-electron chi connectivity index (χ3n) is 2.54. The molecule has 0 amide bonds. The van der Waals surface area contributed by atoms with Crippen molar-refractivity contribution in [2.45, 2.75) is 32.2 Å². The van der Waals surface area contributed by atoms with E-state index in [2.05, 4.69) is 5.32 Å². The Morgan fingerprint density at radius 3 is 2.53 bits per heavy atom. The second-order valence-corrected chi connectivity index (χ2v) is 4.10. The molecule has 1 aromatic rings. The summed E-state index contributed by atoms with van der Waals surface area (Å²) in [5.41, 5.74) is 1.95. The molecule has 2 unspecified atom stereocenters. The summed E-state index contributed by atoms with van der Waals surface area (Å²) >= 11 is 0. The fourth-order valence-electron chi connectivity index (χ4n) is 1.46. The molecule has 2 nitrogen and oxygen atoms in total. The Kier molecular flexibility index (Phi) is 4.54. The van der Waals surface area contributed by atoms with E-state index in [9.17, 15) is 13.2 Å². The van der Waals surface area contributed by atoms with Gasteiger partial charge in [-0.15, -0.1) is 0 Å². The predicted octanol–water partition coefficient (Wildman–Crippen LogP) is 2.57. The number of hydrogen-bond acceptors (Lipinski definition) is 2. The van der Waals surface area contributed by atoms with Crippen LogP contribution in [0.2, 0.25) is 0 Å². The van der Waals surface area contributed by atoms with Gasteiger partial charge in [0.05, 0.1) is 0 Å². The van der Waals surface area contributed by atoms with Gasteiger partial charge in [0.1, 0.15) is 0 Å². The van der Waals surface area contributed by atoms with Crippen LogP contribution in [0.1, 0.15) is 24.1 Å². The molecule has 0 aliphatic carbocycles. The summed E-state index contributed by atoms with van der Waals surface area (Å²) in [4.78, 5) is 0. The van der Waals surface area contributed by atoms with Gasteiger partial charge in [-0.25, -0.2) is 0 Å². The molecule has 0 saturated heterocycles. The number of hydrogen-bond donors (Lipinski definition) is 2. The van der Waals surface area contributed by atoms with Crippen molar-refractivity contribution < 1.29 is 18.3 Å². The molecule has 1 rings (SSSR count). The predicted molar refractivity (Wildman–Crippen MR) is 59.7 cm³/mol. The molecule has 0 saturated carbocycles. The fraction of sp³-hybridized carbons (Fsp3) is 0.500. The number of aliphatic hydroxyl groups is 1. The molecule has 0 aliphatic heterocycles. The van der Waals surface area contributed by atoms with Crippen LogP contribution in [0.15, 0.2) is 24.3 Å². The zero-order valence-corrected chi connectivity index (χ0v) is 9.75. The van der Waals surface area contributed by atoms with Gasteiger partial charge in [-0.1, -0.05) is 29.8 Å². The van der Waals surface area contributed by atoms with Crippen LogP contribution in [-0.4, -0.2) is 23.9 Å².